The largest absolute Gasteiger partial charge is 0.493 e. The van der Waals surface area contributed by atoms with Crippen molar-refractivity contribution in [3.05, 3.63) is 45.9 Å². The lowest BCUT2D eigenvalue weighted by Gasteiger charge is -2.03. The highest BCUT2D eigenvalue weighted by molar-refractivity contribution is 7.13. The molecule has 0 N–H and O–H groups in total. The van der Waals surface area contributed by atoms with Gasteiger partial charge in [-0.2, -0.15) is 0 Å². The predicted octanol–water partition coefficient (Wildman–Crippen LogP) is 4.09. The van der Waals surface area contributed by atoms with E-state index in [1.165, 1.54) is 11.3 Å². The first-order chi connectivity index (χ1) is 9.58. The predicted molar refractivity (Wildman–Crippen MR) is 81.8 cm³/mol. The molecule has 0 aliphatic carbocycles. The van der Waals surface area contributed by atoms with E-state index in [9.17, 15) is 4.79 Å². The number of benzene rings is 1. The van der Waals surface area contributed by atoms with E-state index in [0.717, 1.165) is 27.7 Å². The van der Waals surface area contributed by atoms with Gasteiger partial charge in [0.2, 0.25) is 0 Å². The van der Waals surface area contributed by atoms with Crippen LogP contribution in [-0.2, 0) is 6.42 Å². The summed E-state index contributed by atoms with van der Waals surface area (Å²) in [5.41, 5.74) is 0.914. The lowest BCUT2D eigenvalue weighted by atomic mass is 10.1. The van der Waals surface area contributed by atoms with E-state index >= 15 is 0 Å². The highest BCUT2D eigenvalue weighted by Crippen LogP contribution is 2.26. The minimum atomic E-state index is 0.0985. The maximum absolute atomic E-state index is 11.6. The van der Waals surface area contributed by atoms with E-state index in [1.807, 2.05) is 30.3 Å². The topological polar surface area (TPSA) is 39.2 Å². The van der Waals surface area contributed by atoms with Gasteiger partial charge in [0.1, 0.15) is 5.75 Å². The Hall–Kier alpha value is -1.68. The number of para-hydroxylation sites is 1. The first kappa shape index (κ1) is 14.7. The second-order valence-corrected chi connectivity index (χ2v) is 6.03. The van der Waals surface area contributed by atoms with Crippen molar-refractivity contribution in [3.63, 3.8) is 0 Å². The molecule has 2 aromatic rings. The lowest BCUT2D eigenvalue weighted by Crippen LogP contribution is -2.01. The fraction of sp³-hybridized carbons (Fsp3) is 0.375. The Kier molecular flexibility index (Phi) is 4.90. The first-order valence-corrected chi connectivity index (χ1v) is 7.58. The average molecular weight is 289 g/mol. The van der Waals surface area contributed by atoms with Crippen LogP contribution < -0.4 is 4.74 Å². The van der Waals surface area contributed by atoms with Crippen LogP contribution in [0.5, 0.6) is 5.75 Å². The van der Waals surface area contributed by atoms with Crippen molar-refractivity contribution in [2.45, 2.75) is 33.1 Å². The van der Waals surface area contributed by atoms with Gasteiger partial charge in [0.15, 0.2) is 5.78 Å². The Balaban J connectivity index is 2.00. The van der Waals surface area contributed by atoms with Crippen LogP contribution >= 0.6 is 11.3 Å². The van der Waals surface area contributed by atoms with Crippen molar-refractivity contribution in [2.24, 2.45) is 0 Å². The third-order valence-electron chi connectivity index (χ3n) is 2.89. The van der Waals surface area contributed by atoms with Gasteiger partial charge in [0, 0.05) is 13.3 Å². The van der Waals surface area contributed by atoms with Crippen LogP contribution in [0.3, 0.4) is 0 Å². The molecule has 20 heavy (non-hydrogen) atoms. The van der Waals surface area contributed by atoms with Gasteiger partial charge in [0.25, 0.3) is 0 Å². The average Bonchev–Trinajstić information content (AvgIpc) is 2.85. The summed E-state index contributed by atoms with van der Waals surface area (Å²) in [6.07, 6.45) is 0.729. The van der Waals surface area contributed by atoms with Gasteiger partial charge >= 0.3 is 0 Å². The number of ether oxygens (including phenoxy) is 1. The minimum absolute atomic E-state index is 0.0985. The summed E-state index contributed by atoms with van der Waals surface area (Å²) in [4.78, 5) is 17.0. The molecule has 0 spiro atoms. The van der Waals surface area contributed by atoms with E-state index in [1.54, 1.807) is 6.92 Å². The molecular weight excluding hydrogens is 270 g/mol. The zero-order valence-electron chi connectivity index (χ0n) is 12.1. The molecule has 106 valence electrons. The number of Topliss-reactive ketones (excluding diaryl/α,β-unsaturated/α-hetero) is 1. The van der Waals surface area contributed by atoms with Crippen LogP contribution in [0.2, 0.25) is 0 Å². The molecule has 0 atom stereocenters. The lowest BCUT2D eigenvalue weighted by molar-refractivity contribution is 0.102. The minimum Gasteiger partial charge on any atom is -0.493 e. The third kappa shape index (κ3) is 3.67. The van der Waals surface area contributed by atoms with Crippen LogP contribution in [-0.4, -0.2) is 17.4 Å². The first-order valence-electron chi connectivity index (χ1n) is 6.76. The Morgan fingerprint density at radius 3 is 2.55 bits per heavy atom. The van der Waals surface area contributed by atoms with Crippen LogP contribution in [0, 0.1) is 0 Å². The molecule has 0 radical (unpaired) electrons. The number of thiazole rings is 1. The molecule has 0 unspecified atom stereocenters. The zero-order valence-corrected chi connectivity index (χ0v) is 12.9. The van der Waals surface area contributed by atoms with Crippen molar-refractivity contribution >= 4 is 17.1 Å². The molecule has 1 aromatic carbocycles. The van der Waals surface area contributed by atoms with Crippen LogP contribution in [0.4, 0.5) is 0 Å². The summed E-state index contributed by atoms with van der Waals surface area (Å²) in [7, 11) is 0. The molecule has 0 saturated carbocycles. The second kappa shape index (κ2) is 6.66. The molecular formula is C16H19NO2S. The number of hydrogen-bond acceptors (Lipinski definition) is 4. The van der Waals surface area contributed by atoms with Gasteiger partial charge in [-0.25, -0.2) is 4.98 Å². The van der Waals surface area contributed by atoms with Crippen molar-refractivity contribution in [3.8, 4) is 5.75 Å². The number of aromatic nitrogens is 1. The maximum Gasteiger partial charge on any atom is 0.171 e. The summed E-state index contributed by atoms with van der Waals surface area (Å²) in [5.74, 6) is 1.23. The van der Waals surface area contributed by atoms with E-state index in [-0.39, 0.29) is 11.7 Å². The second-order valence-electron chi connectivity index (χ2n) is 4.94. The SMILES string of the molecule is CC(=O)c1sc(CCOc2ccccc2)nc1C(C)C. The van der Waals surface area contributed by atoms with Gasteiger partial charge in [0.05, 0.1) is 22.2 Å². The molecule has 4 heteroatoms. The van der Waals surface area contributed by atoms with Crippen LogP contribution in [0.15, 0.2) is 30.3 Å². The van der Waals surface area contributed by atoms with Crippen molar-refractivity contribution < 1.29 is 9.53 Å². The van der Waals surface area contributed by atoms with E-state index < -0.39 is 0 Å². The van der Waals surface area contributed by atoms with Gasteiger partial charge in [-0.1, -0.05) is 32.0 Å². The van der Waals surface area contributed by atoms with Gasteiger partial charge in [-0.3, -0.25) is 4.79 Å². The van der Waals surface area contributed by atoms with Crippen LogP contribution in [0.1, 0.15) is 47.1 Å². The molecule has 0 aliphatic rings. The highest BCUT2D eigenvalue weighted by atomic mass is 32.1. The van der Waals surface area contributed by atoms with Crippen molar-refractivity contribution in [1.82, 2.24) is 4.98 Å². The number of rotatable bonds is 6. The Bertz CT molecular complexity index is 575. The number of carbonyl (C=O) groups excluding carboxylic acids is 1. The summed E-state index contributed by atoms with van der Waals surface area (Å²) < 4.78 is 5.66. The number of ketones is 1. The summed E-state index contributed by atoms with van der Waals surface area (Å²) in [6.45, 7) is 6.30. The molecule has 0 bridgehead atoms. The summed E-state index contributed by atoms with van der Waals surface area (Å²) >= 11 is 1.49. The fourth-order valence-electron chi connectivity index (χ4n) is 1.90. The monoisotopic (exact) mass is 289 g/mol. The number of hydrogen-bond donors (Lipinski definition) is 0. The summed E-state index contributed by atoms with van der Waals surface area (Å²) in [6, 6.07) is 9.72. The molecule has 3 nitrogen and oxygen atoms in total. The molecule has 0 aliphatic heterocycles. The van der Waals surface area contributed by atoms with Gasteiger partial charge in [-0.15, -0.1) is 11.3 Å². The smallest absolute Gasteiger partial charge is 0.171 e. The van der Waals surface area contributed by atoms with Crippen molar-refractivity contribution in [1.29, 1.82) is 0 Å². The molecule has 0 saturated heterocycles. The maximum atomic E-state index is 11.6. The normalized spacial score (nSPS) is 10.8. The quantitative estimate of drug-likeness (QED) is 0.752. The van der Waals surface area contributed by atoms with Gasteiger partial charge < -0.3 is 4.74 Å². The molecule has 0 amide bonds. The summed E-state index contributed by atoms with van der Waals surface area (Å²) in [5, 5.41) is 0.967. The van der Waals surface area contributed by atoms with Gasteiger partial charge in [-0.05, 0) is 18.1 Å². The van der Waals surface area contributed by atoms with Crippen LogP contribution in [0.25, 0.3) is 0 Å². The fourth-order valence-corrected chi connectivity index (χ4v) is 3.00. The Labute approximate surface area is 123 Å². The third-order valence-corrected chi connectivity index (χ3v) is 4.12. The Morgan fingerprint density at radius 1 is 1.30 bits per heavy atom. The Morgan fingerprint density at radius 2 is 2.00 bits per heavy atom. The highest BCUT2D eigenvalue weighted by Gasteiger charge is 2.17. The van der Waals surface area contributed by atoms with Crippen molar-refractivity contribution in [2.75, 3.05) is 6.61 Å². The molecule has 0 fully saturated rings. The number of nitrogens with zero attached hydrogens (tertiary/aromatic N) is 1. The van der Waals surface area contributed by atoms with E-state index in [0.29, 0.717) is 6.61 Å². The molecule has 2 rings (SSSR count). The number of carbonyl (C=O) groups is 1. The van der Waals surface area contributed by atoms with E-state index in [4.69, 9.17) is 4.74 Å². The van der Waals surface area contributed by atoms with E-state index in [2.05, 4.69) is 18.8 Å². The zero-order chi connectivity index (χ0) is 14.5. The molecule has 1 heterocycles. The standard InChI is InChI=1S/C16H19NO2S/c1-11(2)15-16(12(3)18)20-14(17-15)9-10-19-13-7-5-4-6-8-13/h4-8,11H,9-10H2,1-3H3. The molecule has 1 aromatic heterocycles.